The summed E-state index contributed by atoms with van der Waals surface area (Å²) in [5, 5.41) is 19.7. The summed E-state index contributed by atoms with van der Waals surface area (Å²) in [6.07, 6.45) is 1.98. The topological polar surface area (TPSA) is 164 Å². The molecule has 5 rings (SSSR count). The number of hydrogen-bond acceptors (Lipinski definition) is 8. The lowest BCUT2D eigenvalue weighted by Crippen LogP contribution is -2.48. The number of aliphatic hydroxyl groups is 1. The highest BCUT2D eigenvalue weighted by Gasteiger charge is 2.40. The van der Waals surface area contributed by atoms with Gasteiger partial charge in [0.15, 0.2) is 5.78 Å². The van der Waals surface area contributed by atoms with Crippen LogP contribution in [0.25, 0.3) is 10.8 Å². The smallest absolute Gasteiger partial charge is 0.310 e. The second-order valence-electron chi connectivity index (χ2n) is 10.8. The van der Waals surface area contributed by atoms with Crippen molar-refractivity contribution in [1.29, 1.82) is 0 Å². The van der Waals surface area contributed by atoms with Gasteiger partial charge in [0.25, 0.3) is 11.8 Å². The minimum Gasteiger partial charge on any atom is -0.434 e. The lowest BCUT2D eigenvalue weighted by atomic mass is 9.82. The van der Waals surface area contributed by atoms with E-state index < -0.39 is 48.0 Å². The zero-order valence-corrected chi connectivity index (χ0v) is 23.5. The third kappa shape index (κ3) is 6.78. The predicted molar refractivity (Wildman–Crippen MR) is 155 cm³/mol. The molecule has 0 radical (unpaired) electrons. The van der Waals surface area contributed by atoms with E-state index in [2.05, 4.69) is 20.9 Å². The molecule has 0 saturated carbocycles. The first-order valence-electron chi connectivity index (χ1n) is 14.1. The summed E-state index contributed by atoms with van der Waals surface area (Å²) in [5.41, 5.74) is 1.38. The van der Waals surface area contributed by atoms with Crippen LogP contribution in [0.3, 0.4) is 0 Å². The van der Waals surface area contributed by atoms with Crippen LogP contribution in [0.1, 0.15) is 47.0 Å². The third-order valence-corrected chi connectivity index (χ3v) is 7.87. The molecule has 222 valence electrons. The van der Waals surface area contributed by atoms with E-state index in [9.17, 15) is 29.1 Å². The molecule has 4 N–H and O–H groups in total. The fourth-order valence-electron chi connectivity index (χ4n) is 5.40. The number of Topliss-reactive ketones (excluding diaryl/α,β-unsaturated/α-hetero) is 1. The number of carbonyl (C=O) groups excluding carboxylic acids is 5. The fraction of sp³-hybridized carbons (Fsp3) is 0.312. The minimum atomic E-state index is -1.47. The molecule has 0 spiro atoms. The summed E-state index contributed by atoms with van der Waals surface area (Å²) in [6, 6.07) is 15.9. The first-order valence-corrected chi connectivity index (χ1v) is 14.1. The zero-order chi connectivity index (χ0) is 30.5. The lowest BCUT2D eigenvalue weighted by molar-refractivity contribution is -0.155. The number of fused-ring (bicyclic) bond motifs is 1. The summed E-state index contributed by atoms with van der Waals surface area (Å²) in [5.74, 6) is -4.11. The van der Waals surface area contributed by atoms with Gasteiger partial charge >= 0.3 is 5.97 Å². The van der Waals surface area contributed by atoms with Crippen molar-refractivity contribution in [2.45, 2.75) is 44.6 Å². The maximum atomic E-state index is 13.9. The SMILES string of the molecule is CC(C(=O)NC1CC(=O)OC1O)C1CC(CNC(=O)c2ccccc2)=CCC(NC(=O)c2nccc3ccccc23)C1=O. The molecule has 1 saturated heterocycles. The van der Waals surface area contributed by atoms with Crippen LogP contribution >= 0.6 is 0 Å². The molecule has 3 amide bonds. The number of amides is 3. The number of carbonyl (C=O) groups is 5. The molecule has 2 aliphatic rings. The second kappa shape index (κ2) is 13.0. The molecule has 1 aromatic heterocycles. The van der Waals surface area contributed by atoms with Gasteiger partial charge < -0.3 is 25.8 Å². The number of ether oxygens (including phenoxy) is 1. The van der Waals surface area contributed by atoms with E-state index in [1.807, 2.05) is 24.3 Å². The van der Waals surface area contributed by atoms with E-state index in [4.69, 9.17) is 4.74 Å². The number of hydrogen-bond donors (Lipinski definition) is 4. The molecule has 2 heterocycles. The molecule has 11 nitrogen and oxygen atoms in total. The summed E-state index contributed by atoms with van der Waals surface area (Å²) in [4.78, 5) is 69.0. The number of aliphatic hydroxyl groups excluding tert-OH is 1. The Balaban J connectivity index is 1.36. The Morgan fingerprint density at radius 3 is 2.47 bits per heavy atom. The number of rotatable bonds is 8. The number of aromatic nitrogens is 1. The number of benzene rings is 2. The van der Waals surface area contributed by atoms with Crippen LogP contribution in [-0.4, -0.2) is 64.5 Å². The number of ketones is 1. The summed E-state index contributed by atoms with van der Waals surface area (Å²) >= 11 is 0. The average Bonchev–Trinajstić information content (AvgIpc) is 3.25. The normalized spacial score (nSPS) is 22.6. The number of cyclic esters (lactones) is 1. The number of nitrogens with one attached hydrogen (secondary N) is 3. The monoisotopic (exact) mass is 584 g/mol. The Morgan fingerprint density at radius 2 is 1.72 bits per heavy atom. The van der Waals surface area contributed by atoms with Crippen LogP contribution < -0.4 is 16.0 Å². The predicted octanol–water partition coefficient (Wildman–Crippen LogP) is 2.05. The number of esters is 1. The van der Waals surface area contributed by atoms with Crippen molar-refractivity contribution in [3.63, 3.8) is 0 Å². The maximum Gasteiger partial charge on any atom is 0.310 e. The highest BCUT2D eigenvalue weighted by atomic mass is 16.6. The van der Waals surface area contributed by atoms with Gasteiger partial charge in [-0.25, -0.2) is 0 Å². The molecule has 2 aromatic carbocycles. The largest absolute Gasteiger partial charge is 0.434 e. The van der Waals surface area contributed by atoms with Gasteiger partial charge in [-0.2, -0.15) is 0 Å². The minimum absolute atomic E-state index is 0.140. The van der Waals surface area contributed by atoms with Gasteiger partial charge in [-0.05, 0) is 36.4 Å². The van der Waals surface area contributed by atoms with Crippen molar-refractivity contribution < 1.29 is 33.8 Å². The molecule has 11 heteroatoms. The molecule has 5 unspecified atom stereocenters. The first kappa shape index (κ1) is 29.6. The van der Waals surface area contributed by atoms with Crippen LogP contribution in [0.4, 0.5) is 0 Å². The van der Waals surface area contributed by atoms with E-state index in [1.165, 1.54) is 6.20 Å². The highest BCUT2D eigenvalue weighted by molar-refractivity contribution is 6.07. The van der Waals surface area contributed by atoms with Crippen molar-refractivity contribution in [3.05, 3.63) is 89.8 Å². The zero-order valence-electron chi connectivity index (χ0n) is 23.5. The van der Waals surface area contributed by atoms with Crippen molar-refractivity contribution in [1.82, 2.24) is 20.9 Å². The van der Waals surface area contributed by atoms with E-state index in [0.29, 0.717) is 10.9 Å². The maximum absolute atomic E-state index is 13.9. The van der Waals surface area contributed by atoms with Crippen molar-refractivity contribution in [2.75, 3.05) is 6.54 Å². The van der Waals surface area contributed by atoms with Crippen LogP contribution in [0, 0.1) is 11.8 Å². The van der Waals surface area contributed by atoms with Gasteiger partial charge in [0.1, 0.15) is 11.7 Å². The standard InChI is InChI=1S/C32H32N4O7/c1-18(29(39)36-25-16-26(37)43-32(25)42)23-15-19(17-34-30(40)21-8-3-2-4-9-21)11-12-24(28(23)38)35-31(41)27-22-10-6-5-7-20(22)13-14-33-27/h2-11,13-14,18,23-25,32,42H,12,15-17H2,1H3,(H,34,40)(H,35,41)(H,36,39). The highest BCUT2D eigenvalue weighted by Crippen LogP contribution is 2.29. The second-order valence-corrected chi connectivity index (χ2v) is 10.8. The van der Waals surface area contributed by atoms with Crippen molar-refractivity contribution in [3.8, 4) is 0 Å². The molecule has 1 aliphatic carbocycles. The molecular weight excluding hydrogens is 552 g/mol. The van der Waals surface area contributed by atoms with Crippen molar-refractivity contribution >= 4 is 40.2 Å². The molecule has 5 atom stereocenters. The third-order valence-electron chi connectivity index (χ3n) is 7.87. The Kier molecular flexibility index (Phi) is 8.91. The average molecular weight is 585 g/mol. The van der Waals surface area contributed by atoms with Gasteiger partial charge in [-0.1, -0.05) is 61.0 Å². The Hall–Kier alpha value is -4.90. The quantitative estimate of drug-likeness (QED) is 0.231. The Labute approximate surface area is 247 Å². The van der Waals surface area contributed by atoms with Gasteiger partial charge in [0.2, 0.25) is 12.2 Å². The Morgan fingerprint density at radius 1 is 0.977 bits per heavy atom. The van der Waals surface area contributed by atoms with Crippen molar-refractivity contribution in [2.24, 2.45) is 11.8 Å². The summed E-state index contributed by atoms with van der Waals surface area (Å²) in [7, 11) is 0. The van der Waals surface area contributed by atoms with Gasteiger partial charge in [-0.3, -0.25) is 29.0 Å². The number of pyridine rings is 1. The van der Waals surface area contributed by atoms with Gasteiger partial charge in [0, 0.05) is 35.5 Å². The van der Waals surface area contributed by atoms with E-state index >= 15 is 0 Å². The molecule has 1 aliphatic heterocycles. The van der Waals surface area contributed by atoms with Crippen LogP contribution in [0.15, 0.2) is 78.5 Å². The molecule has 1 fully saturated rings. The van der Waals surface area contributed by atoms with Crippen LogP contribution in [-0.2, 0) is 19.1 Å². The lowest BCUT2D eigenvalue weighted by Gasteiger charge is -2.26. The van der Waals surface area contributed by atoms with E-state index in [-0.39, 0.29) is 43.2 Å². The first-order chi connectivity index (χ1) is 20.7. The molecule has 0 bridgehead atoms. The molecule has 3 aromatic rings. The molecular formula is C32H32N4O7. The Bertz CT molecular complexity index is 1580. The number of nitrogens with zero attached hydrogens (tertiary/aromatic N) is 1. The summed E-state index contributed by atoms with van der Waals surface area (Å²) in [6.45, 7) is 1.72. The summed E-state index contributed by atoms with van der Waals surface area (Å²) < 4.78 is 4.71. The van der Waals surface area contributed by atoms with Crippen LogP contribution in [0.5, 0.6) is 0 Å². The van der Waals surface area contributed by atoms with Gasteiger partial charge in [0.05, 0.1) is 12.5 Å². The van der Waals surface area contributed by atoms with Crippen LogP contribution in [0.2, 0.25) is 0 Å². The van der Waals surface area contributed by atoms with E-state index in [1.54, 1.807) is 49.4 Å². The fourth-order valence-corrected chi connectivity index (χ4v) is 5.40. The molecule has 43 heavy (non-hydrogen) atoms. The van der Waals surface area contributed by atoms with Gasteiger partial charge in [-0.15, -0.1) is 0 Å². The van der Waals surface area contributed by atoms with E-state index in [0.717, 1.165) is 11.0 Å².